The van der Waals surface area contributed by atoms with E-state index >= 15 is 0 Å². The first-order valence-corrected chi connectivity index (χ1v) is 12.8. The van der Waals surface area contributed by atoms with Crippen LogP contribution in [0, 0.1) is 11.3 Å². The van der Waals surface area contributed by atoms with Crippen LogP contribution in [-0.4, -0.2) is 56.3 Å². The maximum absolute atomic E-state index is 12.8. The minimum atomic E-state index is -3.54. The molecule has 1 aromatic carbocycles. The summed E-state index contributed by atoms with van der Waals surface area (Å²) in [6.07, 6.45) is 3.27. The van der Waals surface area contributed by atoms with Gasteiger partial charge >= 0.3 is 0 Å². The summed E-state index contributed by atoms with van der Waals surface area (Å²) in [5.41, 5.74) is 1.72. The Morgan fingerprint density at radius 2 is 1.87 bits per heavy atom. The topological polar surface area (TPSA) is 93.5 Å². The number of rotatable bonds is 6. The number of nitriles is 1. The van der Waals surface area contributed by atoms with E-state index in [1.54, 1.807) is 12.1 Å². The third kappa shape index (κ3) is 4.78. The van der Waals surface area contributed by atoms with E-state index in [0.29, 0.717) is 54.7 Å². The maximum atomic E-state index is 12.8. The number of carbonyl (C=O) groups excluding carboxylic acids is 1. The summed E-state index contributed by atoms with van der Waals surface area (Å²) in [4.78, 5) is 16.0. The summed E-state index contributed by atoms with van der Waals surface area (Å²) in [5.74, 6) is -0.118. The standard InChI is InChI=1S/C21H23ClN4O3S2/c22-15-4-6-16(7-5-15)31(28,29)26-12-10-25(11-13-26)9-8-20(27)24-21-18(14-23)17-2-1-3-19(17)30-21/h4-7H,1-3,8-13H2,(H,24,27). The van der Waals surface area contributed by atoms with Gasteiger partial charge in [0.2, 0.25) is 15.9 Å². The number of anilines is 1. The Kier molecular flexibility index (Phi) is 6.65. The van der Waals surface area contributed by atoms with E-state index in [2.05, 4.69) is 16.3 Å². The number of hydrogen-bond donors (Lipinski definition) is 1. The van der Waals surface area contributed by atoms with Gasteiger partial charge in [0.1, 0.15) is 11.1 Å². The summed E-state index contributed by atoms with van der Waals surface area (Å²) in [7, 11) is -3.54. The van der Waals surface area contributed by atoms with E-state index in [1.165, 1.54) is 32.7 Å². The number of sulfonamides is 1. The minimum absolute atomic E-state index is 0.118. The molecule has 0 bridgehead atoms. The zero-order chi connectivity index (χ0) is 22.0. The van der Waals surface area contributed by atoms with Gasteiger partial charge in [-0.15, -0.1) is 11.3 Å². The van der Waals surface area contributed by atoms with Crippen LogP contribution in [0.25, 0.3) is 0 Å². The average molecular weight is 479 g/mol. The van der Waals surface area contributed by atoms with Gasteiger partial charge in [-0.1, -0.05) is 11.6 Å². The van der Waals surface area contributed by atoms with Gasteiger partial charge in [0.15, 0.2) is 0 Å². The summed E-state index contributed by atoms with van der Waals surface area (Å²) < 4.78 is 27.0. The fourth-order valence-electron chi connectivity index (χ4n) is 4.01. The number of piperazine rings is 1. The number of nitrogens with one attached hydrogen (secondary N) is 1. The molecule has 10 heteroatoms. The fraction of sp³-hybridized carbons (Fsp3) is 0.429. The van der Waals surface area contributed by atoms with Gasteiger partial charge in [0.05, 0.1) is 10.5 Å². The molecule has 2 aromatic rings. The lowest BCUT2D eigenvalue weighted by Gasteiger charge is -2.33. The summed E-state index contributed by atoms with van der Waals surface area (Å²) >= 11 is 7.37. The van der Waals surface area contributed by atoms with Crippen LogP contribution in [0.1, 0.15) is 28.8 Å². The van der Waals surface area contributed by atoms with Gasteiger partial charge in [0.25, 0.3) is 0 Å². The lowest BCUT2D eigenvalue weighted by molar-refractivity contribution is -0.116. The molecule has 1 aliphatic carbocycles. The molecule has 0 radical (unpaired) electrons. The van der Waals surface area contributed by atoms with Gasteiger partial charge in [-0.25, -0.2) is 8.42 Å². The van der Waals surface area contributed by atoms with Crippen LogP contribution in [0.5, 0.6) is 0 Å². The molecule has 0 atom stereocenters. The molecule has 31 heavy (non-hydrogen) atoms. The Hall–Kier alpha value is -1.96. The zero-order valence-electron chi connectivity index (χ0n) is 16.9. The van der Waals surface area contributed by atoms with Crippen molar-refractivity contribution in [2.24, 2.45) is 0 Å². The Bertz CT molecular complexity index is 1110. The van der Waals surface area contributed by atoms with Gasteiger partial charge < -0.3 is 10.2 Å². The molecular formula is C21H23ClN4O3S2. The SMILES string of the molecule is N#Cc1c(NC(=O)CCN2CCN(S(=O)(=O)c3ccc(Cl)cc3)CC2)sc2c1CCC2. The molecule has 1 N–H and O–H groups in total. The quantitative estimate of drug-likeness (QED) is 0.688. The smallest absolute Gasteiger partial charge is 0.243 e. The van der Waals surface area contributed by atoms with E-state index in [0.717, 1.165) is 24.8 Å². The van der Waals surface area contributed by atoms with Crippen molar-refractivity contribution in [1.29, 1.82) is 5.26 Å². The number of aryl methyl sites for hydroxylation is 1. The molecule has 2 heterocycles. The average Bonchev–Trinajstić information content (AvgIpc) is 3.33. The van der Waals surface area contributed by atoms with Gasteiger partial charge in [-0.3, -0.25) is 4.79 Å². The van der Waals surface area contributed by atoms with E-state index < -0.39 is 10.0 Å². The molecule has 2 aliphatic rings. The molecule has 1 amide bonds. The molecule has 1 aromatic heterocycles. The number of amides is 1. The lowest BCUT2D eigenvalue weighted by atomic mass is 10.1. The molecule has 0 spiro atoms. The number of halogens is 1. The highest BCUT2D eigenvalue weighted by atomic mass is 35.5. The van der Waals surface area contributed by atoms with Crippen molar-refractivity contribution < 1.29 is 13.2 Å². The Morgan fingerprint density at radius 1 is 1.16 bits per heavy atom. The molecule has 1 fully saturated rings. The van der Waals surface area contributed by atoms with Crippen molar-refractivity contribution in [2.75, 3.05) is 38.0 Å². The highest BCUT2D eigenvalue weighted by molar-refractivity contribution is 7.89. The predicted octanol–water partition coefficient (Wildman–Crippen LogP) is 3.10. The third-order valence-corrected chi connectivity index (χ3v) is 9.10. The number of benzene rings is 1. The molecule has 164 valence electrons. The number of carbonyl (C=O) groups is 1. The molecule has 7 nitrogen and oxygen atoms in total. The van der Waals surface area contributed by atoms with Gasteiger partial charge in [0, 0.05) is 49.0 Å². The Balaban J connectivity index is 1.27. The monoisotopic (exact) mass is 478 g/mol. The van der Waals surface area contributed by atoms with Crippen molar-refractivity contribution >= 4 is 43.9 Å². The van der Waals surface area contributed by atoms with Crippen LogP contribution < -0.4 is 5.32 Å². The number of thiophene rings is 1. The van der Waals surface area contributed by atoms with Gasteiger partial charge in [-0.05, 0) is 49.1 Å². The molecule has 1 aliphatic heterocycles. The first kappa shape index (κ1) is 22.2. The molecule has 0 unspecified atom stereocenters. The van der Waals surface area contributed by atoms with E-state index in [1.807, 2.05) is 0 Å². The van der Waals surface area contributed by atoms with Crippen molar-refractivity contribution in [2.45, 2.75) is 30.6 Å². The minimum Gasteiger partial charge on any atom is -0.317 e. The molecule has 4 rings (SSSR count). The predicted molar refractivity (Wildman–Crippen MR) is 121 cm³/mol. The molecule has 0 saturated carbocycles. The van der Waals surface area contributed by atoms with Crippen molar-refractivity contribution in [3.8, 4) is 6.07 Å². The van der Waals surface area contributed by atoms with Crippen LogP contribution in [-0.2, 0) is 27.7 Å². The summed E-state index contributed by atoms with van der Waals surface area (Å²) in [5, 5.41) is 13.5. The molecule has 1 saturated heterocycles. The first-order valence-electron chi connectivity index (χ1n) is 10.2. The largest absolute Gasteiger partial charge is 0.317 e. The Labute approximate surface area is 191 Å². The van der Waals surface area contributed by atoms with Crippen LogP contribution in [0.4, 0.5) is 5.00 Å². The second-order valence-electron chi connectivity index (χ2n) is 7.67. The van der Waals surface area contributed by atoms with Crippen molar-refractivity contribution in [3.05, 3.63) is 45.3 Å². The van der Waals surface area contributed by atoms with E-state index in [9.17, 15) is 18.5 Å². The van der Waals surface area contributed by atoms with Crippen LogP contribution in [0.2, 0.25) is 5.02 Å². The second kappa shape index (κ2) is 9.27. The number of nitrogens with zero attached hydrogens (tertiary/aromatic N) is 3. The van der Waals surface area contributed by atoms with Crippen LogP contribution in [0.15, 0.2) is 29.2 Å². The highest BCUT2D eigenvalue weighted by Crippen LogP contribution is 2.38. The maximum Gasteiger partial charge on any atom is 0.243 e. The lowest BCUT2D eigenvalue weighted by Crippen LogP contribution is -2.49. The number of fused-ring (bicyclic) bond motifs is 1. The highest BCUT2D eigenvalue weighted by Gasteiger charge is 2.29. The fourth-order valence-corrected chi connectivity index (χ4v) is 6.81. The Morgan fingerprint density at radius 3 is 2.55 bits per heavy atom. The van der Waals surface area contributed by atoms with Crippen LogP contribution >= 0.6 is 22.9 Å². The van der Waals surface area contributed by atoms with Crippen molar-refractivity contribution in [3.63, 3.8) is 0 Å². The third-order valence-electron chi connectivity index (χ3n) is 5.72. The summed E-state index contributed by atoms with van der Waals surface area (Å²) in [6, 6.07) is 8.42. The first-order chi connectivity index (χ1) is 14.9. The summed E-state index contributed by atoms with van der Waals surface area (Å²) in [6.45, 7) is 2.44. The second-order valence-corrected chi connectivity index (χ2v) is 11.2. The van der Waals surface area contributed by atoms with Gasteiger partial charge in [-0.2, -0.15) is 9.57 Å². The molecular weight excluding hydrogens is 456 g/mol. The zero-order valence-corrected chi connectivity index (χ0v) is 19.3. The van der Waals surface area contributed by atoms with Crippen molar-refractivity contribution in [1.82, 2.24) is 9.21 Å². The van der Waals surface area contributed by atoms with E-state index in [-0.39, 0.29) is 10.8 Å². The normalized spacial score (nSPS) is 17.3. The number of hydrogen-bond acceptors (Lipinski definition) is 6. The van der Waals surface area contributed by atoms with Crippen LogP contribution in [0.3, 0.4) is 0 Å². The van der Waals surface area contributed by atoms with E-state index in [4.69, 9.17) is 11.6 Å².